The van der Waals surface area contributed by atoms with Crippen LogP contribution >= 0.6 is 23.2 Å². The van der Waals surface area contributed by atoms with Crippen LogP contribution in [0.3, 0.4) is 0 Å². The Morgan fingerprint density at radius 3 is 2.00 bits per heavy atom. The lowest BCUT2D eigenvalue weighted by molar-refractivity contribution is 0.679. The number of nitriles is 1. The zero-order valence-corrected chi connectivity index (χ0v) is 18.1. The van der Waals surface area contributed by atoms with Crippen LogP contribution in [-0.4, -0.2) is 5.71 Å². The largest absolute Gasteiger partial charge is 0.280 e. The van der Waals surface area contributed by atoms with Crippen LogP contribution in [0.25, 0.3) is 10.8 Å². The van der Waals surface area contributed by atoms with E-state index in [-0.39, 0.29) is 12.0 Å². The van der Waals surface area contributed by atoms with Gasteiger partial charge in [-0.2, -0.15) is 5.26 Å². The van der Waals surface area contributed by atoms with Gasteiger partial charge < -0.3 is 0 Å². The maximum absolute atomic E-state index is 9.56. The van der Waals surface area contributed by atoms with Crippen molar-refractivity contribution in [2.75, 3.05) is 0 Å². The average molecular weight is 441 g/mol. The minimum Gasteiger partial charge on any atom is -0.280 e. The molecule has 0 bridgehead atoms. The van der Waals surface area contributed by atoms with Gasteiger partial charge in [-0.3, -0.25) is 4.99 Å². The maximum Gasteiger partial charge on any atom is 0.0998 e. The van der Waals surface area contributed by atoms with Gasteiger partial charge in [-0.05, 0) is 53.3 Å². The average Bonchev–Trinajstić information content (AvgIpc) is 3.24. The number of hydrogen-bond donors (Lipinski definition) is 0. The molecule has 1 heterocycles. The monoisotopic (exact) mass is 440 g/mol. The van der Waals surface area contributed by atoms with Gasteiger partial charge in [-0.25, -0.2) is 0 Å². The lowest BCUT2D eigenvalue weighted by atomic mass is 9.85. The van der Waals surface area contributed by atoms with Gasteiger partial charge >= 0.3 is 0 Å². The van der Waals surface area contributed by atoms with Crippen molar-refractivity contribution in [2.24, 2.45) is 4.99 Å². The fourth-order valence-electron chi connectivity index (χ4n) is 4.41. The number of halogens is 2. The smallest absolute Gasteiger partial charge is 0.0998 e. The van der Waals surface area contributed by atoms with E-state index in [1.54, 1.807) is 0 Å². The van der Waals surface area contributed by atoms with E-state index in [1.165, 1.54) is 5.56 Å². The van der Waals surface area contributed by atoms with Crippen molar-refractivity contribution in [1.29, 1.82) is 5.26 Å². The standard InChI is InChI=1S/C27H18Cl2N2/c28-20-10-5-17(6-11-20)25-15-26(18-7-12-21(29)13-8-18)31-27(25)24-14-9-19(16-30)22-3-1-2-4-23(22)24/h1-14,25-26H,15H2. The van der Waals surface area contributed by atoms with Crippen molar-refractivity contribution in [2.45, 2.75) is 18.4 Å². The van der Waals surface area contributed by atoms with Gasteiger partial charge in [0.05, 0.1) is 23.4 Å². The van der Waals surface area contributed by atoms with Crippen molar-refractivity contribution < 1.29 is 0 Å². The van der Waals surface area contributed by atoms with Crippen molar-refractivity contribution in [1.82, 2.24) is 0 Å². The minimum atomic E-state index is 0.0438. The van der Waals surface area contributed by atoms with E-state index in [2.05, 4.69) is 36.4 Å². The van der Waals surface area contributed by atoms with Crippen molar-refractivity contribution >= 4 is 39.7 Å². The van der Waals surface area contributed by atoms with Gasteiger partial charge in [-0.1, -0.05) is 77.8 Å². The Balaban J connectivity index is 1.68. The number of aliphatic imine (C=N–C) groups is 1. The zero-order chi connectivity index (χ0) is 21.4. The summed E-state index contributed by atoms with van der Waals surface area (Å²) >= 11 is 12.3. The van der Waals surface area contributed by atoms with Crippen LogP contribution in [0.5, 0.6) is 0 Å². The summed E-state index contributed by atoms with van der Waals surface area (Å²) in [5, 5.41) is 13.0. The molecule has 1 aliphatic heterocycles. The quantitative estimate of drug-likeness (QED) is 0.320. The Hall–Kier alpha value is -3.12. The summed E-state index contributed by atoms with van der Waals surface area (Å²) in [5.74, 6) is 0.134. The molecular weight excluding hydrogens is 423 g/mol. The van der Waals surface area contributed by atoms with E-state index >= 15 is 0 Å². The molecule has 0 aliphatic carbocycles. The molecule has 5 rings (SSSR count). The van der Waals surface area contributed by atoms with Crippen molar-refractivity contribution in [3.8, 4) is 6.07 Å². The molecule has 0 radical (unpaired) electrons. The SMILES string of the molecule is N#Cc1ccc(C2=NC(c3ccc(Cl)cc3)CC2c2ccc(Cl)cc2)c2ccccc12. The van der Waals surface area contributed by atoms with E-state index in [1.807, 2.05) is 54.6 Å². The highest BCUT2D eigenvalue weighted by atomic mass is 35.5. The lowest BCUT2D eigenvalue weighted by Crippen LogP contribution is -2.10. The highest BCUT2D eigenvalue weighted by Crippen LogP contribution is 2.42. The molecule has 150 valence electrons. The summed E-state index contributed by atoms with van der Waals surface area (Å²) < 4.78 is 0. The fourth-order valence-corrected chi connectivity index (χ4v) is 4.66. The normalized spacial score (nSPS) is 18.0. The minimum absolute atomic E-state index is 0.0438. The molecule has 0 amide bonds. The Kier molecular flexibility index (Phi) is 5.24. The van der Waals surface area contributed by atoms with Gasteiger partial charge in [0.1, 0.15) is 0 Å². The molecule has 1 aliphatic rings. The Morgan fingerprint density at radius 1 is 0.742 bits per heavy atom. The highest BCUT2D eigenvalue weighted by molar-refractivity contribution is 6.30. The van der Waals surface area contributed by atoms with Gasteiger partial charge in [0.2, 0.25) is 0 Å². The summed E-state index contributed by atoms with van der Waals surface area (Å²) in [6, 6.07) is 30.3. The first-order chi connectivity index (χ1) is 15.1. The zero-order valence-electron chi connectivity index (χ0n) is 16.6. The Bertz CT molecular complexity index is 1330. The molecule has 0 fully saturated rings. The lowest BCUT2D eigenvalue weighted by Gasteiger charge is -2.16. The molecule has 2 atom stereocenters. The number of hydrogen-bond acceptors (Lipinski definition) is 2. The van der Waals surface area contributed by atoms with Gasteiger partial charge in [0.25, 0.3) is 0 Å². The second-order valence-corrected chi connectivity index (χ2v) is 8.61. The molecule has 0 saturated heterocycles. The van der Waals surface area contributed by atoms with Crippen LogP contribution in [0, 0.1) is 11.3 Å². The third-order valence-electron chi connectivity index (χ3n) is 5.93. The van der Waals surface area contributed by atoms with Crippen molar-refractivity contribution in [3.05, 3.63) is 117 Å². The highest BCUT2D eigenvalue weighted by Gasteiger charge is 2.32. The molecule has 0 N–H and O–H groups in total. The molecule has 0 saturated carbocycles. The molecule has 4 heteroatoms. The molecular formula is C27H18Cl2N2. The predicted molar refractivity (Wildman–Crippen MR) is 128 cm³/mol. The van der Waals surface area contributed by atoms with Crippen LogP contribution in [-0.2, 0) is 0 Å². The van der Waals surface area contributed by atoms with Crippen LogP contribution in [0.1, 0.15) is 40.6 Å². The molecule has 31 heavy (non-hydrogen) atoms. The third-order valence-corrected chi connectivity index (χ3v) is 6.44. The van der Waals surface area contributed by atoms with Gasteiger partial charge in [0, 0.05) is 26.9 Å². The van der Waals surface area contributed by atoms with Crippen LogP contribution < -0.4 is 0 Å². The molecule has 2 nitrogen and oxygen atoms in total. The maximum atomic E-state index is 9.56. The second kappa shape index (κ2) is 8.19. The van der Waals surface area contributed by atoms with E-state index < -0.39 is 0 Å². The van der Waals surface area contributed by atoms with Crippen LogP contribution in [0.2, 0.25) is 10.0 Å². The summed E-state index contributed by atoms with van der Waals surface area (Å²) in [7, 11) is 0. The Labute approximate surface area is 191 Å². The summed E-state index contributed by atoms with van der Waals surface area (Å²) in [6.07, 6.45) is 0.868. The Morgan fingerprint density at radius 2 is 1.35 bits per heavy atom. The fraction of sp³-hybridized carbons (Fsp3) is 0.111. The number of nitrogens with zero attached hydrogens (tertiary/aromatic N) is 2. The topological polar surface area (TPSA) is 36.1 Å². The molecule has 4 aromatic rings. The van der Waals surface area contributed by atoms with E-state index in [0.29, 0.717) is 5.56 Å². The van der Waals surface area contributed by atoms with E-state index in [0.717, 1.165) is 44.1 Å². The predicted octanol–water partition coefficient (Wildman–Crippen LogP) is 7.74. The molecule has 4 aromatic carbocycles. The first-order valence-electron chi connectivity index (χ1n) is 10.1. The van der Waals surface area contributed by atoms with Crippen LogP contribution in [0.15, 0.2) is 89.9 Å². The first kappa shape index (κ1) is 19.8. The molecule has 2 unspecified atom stereocenters. The van der Waals surface area contributed by atoms with Crippen molar-refractivity contribution in [3.63, 3.8) is 0 Å². The third kappa shape index (κ3) is 3.72. The molecule has 0 aromatic heterocycles. The molecule has 0 spiro atoms. The number of benzene rings is 4. The second-order valence-electron chi connectivity index (χ2n) is 7.74. The first-order valence-corrected chi connectivity index (χ1v) is 10.9. The summed E-state index contributed by atoms with van der Waals surface area (Å²) in [4.78, 5) is 5.20. The van der Waals surface area contributed by atoms with E-state index in [9.17, 15) is 5.26 Å². The van der Waals surface area contributed by atoms with Crippen LogP contribution in [0.4, 0.5) is 0 Å². The van der Waals surface area contributed by atoms with Gasteiger partial charge in [-0.15, -0.1) is 0 Å². The summed E-state index contributed by atoms with van der Waals surface area (Å²) in [5.41, 5.74) is 5.13. The number of fused-ring (bicyclic) bond motifs is 1. The summed E-state index contributed by atoms with van der Waals surface area (Å²) in [6.45, 7) is 0. The van der Waals surface area contributed by atoms with Gasteiger partial charge in [0.15, 0.2) is 0 Å². The van der Waals surface area contributed by atoms with E-state index in [4.69, 9.17) is 28.2 Å². The number of rotatable bonds is 3.